The molecule has 1 atom stereocenters. The maximum absolute atomic E-state index is 9.88. The summed E-state index contributed by atoms with van der Waals surface area (Å²) in [6.07, 6.45) is -0.910. The predicted octanol–water partition coefficient (Wildman–Crippen LogP) is 1.22. The van der Waals surface area contributed by atoms with Crippen LogP contribution < -0.4 is 4.74 Å². The molecule has 0 amide bonds. The minimum Gasteiger partial charge on any atom is -0.496 e. The van der Waals surface area contributed by atoms with Crippen molar-refractivity contribution in [2.45, 2.75) is 18.8 Å². The van der Waals surface area contributed by atoms with E-state index in [1.165, 1.54) is 14.2 Å². The molecule has 16 heavy (non-hydrogen) atoms. The largest absolute Gasteiger partial charge is 0.496 e. The van der Waals surface area contributed by atoms with Gasteiger partial charge in [-0.2, -0.15) is 0 Å². The van der Waals surface area contributed by atoms with Crippen LogP contribution in [0.4, 0.5) is 0 Å². The first-order valence-corrected chi connectivity index (χ1v) is 5.08. The van der Waals surface area contributed by atoms with Gasteiger partial charge in [0.1, 0.15) is 11.9 Å². The summed E-state index contributed by atoms with van der Waals surface area (Å²) in [6.45, 7) is 0. The predicted molar refractivity (Wildman–Crippen MR) is 60.5 cm³/mol. The van der Waals surface area contributed by atoms with Crippen LogP contribution in [0.1, 0.15) is 5.56 Å². The molecule has 0 saturated heterocycles. The molecule has 0 spiro atoms. The van der Waals surface area contributed by atoms with Gasteiger partial charge in [0.2, 0.25) is 0 Å². The number of hydrogen-bond acceptors (Lipinski definition) is 4. The molecule has 0 aliphatic carbocycles. The molecule has 1 unspecified atom stereocenters. The highest BCUT2D eigenvalue weighted by atomic mass is 16.7. The van der Waals surface area contributed by atoms with Gasteiger partial charge in [0.05, 0.1) is 7.11 Å². The van der Waals surface area contributed by atoms with Gasteiger partial charge in [-0.05, 0) is 11.6 Å². The fraction of sp³-hybridized carbons (Fsp3) is 0.500. The Balaban J connectivity index is 2.71. The normalized spacial score (nSPS) is 12.8. The number of para-hydroxylation sites is 1. The lowest BCUT2D eigenvalue weighted by Gasteiger charge is -2.20. The van der Waals surface area contributed by atoms with E-state index in [1.807, 2.05) is 24.3 Å². The molecule has 0 aliphatic rings. The summed E-state index contributed by atoms with van der Waals surface area (Å²) in [5.41, 5.74) is 0.927. The Morgan fingerprint density at radius 2 is 1.75 bits per heavy atom. The van der Waals surface area contributed by atoms with Crippen molar-refractivity contribution < 1.29 is 19.3 Å². The Hall–Kier alpha value is -1.10. The first kappa shape index (κ1) is 13.0. The van der Waals surface area contributed by atoms with Crippen LogP contribution >= 0.6 is 0 Å². The zero-order valence-electron chi connectivity index (χ0n) is 9.84. The first-order valence-electron chi connectivity index (χ1n) is 5.08. The molecule has 0 saturated carbocycles. The zero-order valence-corrected chi connectivity index (χ0v) is 9.84. The van der Waals surface area contributed by atoms with Crippen LogP contribution in [0.25, 0.3) is 0 Å². The fourth-order valence-electron chi connectivity index (χ4n) is 1.60. The second-order valence-corrected chi connectivity index (χ2v) is 3.42. The number of aliphatic hydroxyl groups excluding tert-OH is 1. The van der Waals surface area contributed by atoms with Crippen molar-refractivity contribution in [3.8, 4) is 5.75 Å². The van der Waals surface area contributed by atoms with E-state index in [-0.39, 0.29) is 0 Å². The van der Waals surface area contributed by atoms with Gasteiger partial charge < -0.3 is 19.3 Å². The van der Waals surface area contributed by atoms with E-state index in [4.69, 9.17) is 14.2 Å². The third-order valence-corrected chi connectivity index (χ3v) is 2.40. The van der Waals surface area contributed by atoms with Crippen molar-refractivity contribution in [2.75, 3.05) is 21.3 Å². The molecule has 1 N–H and O–H groups in total. The molecule has 1 aromatic carbocycles. The van der Waals surface area contributed by atoms with E-state index < -0.39 is 12.4 Å². The molecule has 0 aromatic heterocycles. The van der Waals surface area contributed by atoms with E-state index in [0.29, 0.717) is 6.42 Å². The van der Waals surface area contributed by atoms with Gasteiger partial charge in [-0.15, -0.1) is 0 Å². The van der Waals surface area contributed by atoms with E-state index in [0.717, 1.165) is 11.3 Å². The molecule has 4 heteroatoms. The second kappa shape index (κ2) is 6.48. The molecular weight excluding hydrogens is 208 g/mol. The Morgan fingerprint density at radius 1 is 1.12 bits per heavy atom. The monoisotopic (exact) mass is 226 g/mol. The number of rotatable bonds is 6. The lowest BCUT2D eigenvalue weighted by molar-refractivity contribution is -0.163. The van der Waals surface area contributed by atoms with Crippen LogP contribution in [0.2, 0.25) is 0 Å². The summed E-state index contributed by atoms with van der Waals surface area (Å²) in [5.74, 6) is 0.757. The van der Waals surface area contributed by atoms with Gasteiger partial charge in [0.25, 0.3) is 0 Å². The Bertz CT molecular complexity index is 310. The Kier molecular flexibility index (Phi) is 5.25. The molecule has 4 nitrogen and oxygen atoms in total. The molecule has 0 heterocycles. The maximum atomic E-state index is 9.88. The highest BCUT2D eigenvalue weighted by molar-refractivity contribution is 5.33. The van der Waals surface area contributed by atoms with Crippen molar-refractivity contribution in [3.63, 3.8) is 0 Å². The van der Waals surface area contributed by atoms with Crippen LogP contribution in [-0.2, 0) is 15.9 Å². The summed E-state index contributed by atoms with van der Waals surface area (Å²) >= 11 is 0. The van der Waals surface area contributed by atoms with Crippen LogP contribution in [0.5, 0.6) is 5.75 Å². The summed E-state index contributed by atoms with van der Waals surface area (Å²) in [5, 5.41) is 9.88. The van der Waals surface area contributed by atoms with Gasteiger partial charge >= 0.3 is 0 Å². The van der Waals surface area contributed by atoms with Crippen LogP contribution in [-0.4, -0.2) is 38.8 Å². The third kappa shape index (κ3) is 3.20. The smallest absolute Gasteiger partial charge is 0.183 e. The van der Waals surface area contributed by atoms with Crippen LogP contribution in [0, 0.1) is 0 Å². The maximum Gasteiger partial charge on any atom is 0.183 e. The van der Waals surface area contributed by atoms with E-state index in [1.54, 1.807) is 7.11 Å². The van der Waals surface area contributed by atoms with Crippen LogP contribution in [0.3, 0.4) is 0 Å². The Labute approximate surface area is 95.8 Å². The number of benzene rings is 1. The quantitative estimate of drug-likeness (QED) is 0.741. The average molecular weight is 226 g/mol. The molecule has 0 radical (unpaired) electrons. The van der Waals surface area contributed by atoms with Crippen LogP contribution in [0.15, 0.2) is 24.3 Å². The molecule has 0 fully saturated rings. The van der Waals surface area contributed by atoms with Crippen molar-refractivity contribution in [1.29, 1.82) is 0 Å². The molecule has 0 bridgehead atoms. The zero-order chi connectivity index (χ0) is 12.0. The second-order valence-electron chi connectivity index (χ2n) is 3.42. The molecule has 1 rings (SSSR count). The van der Waals surface area contributed by atoms with E-state index >= 15 is 0 Å². The standard InChI is InChI=1S/C12H18O4/c1-14-11-7-5-4-6-9(11)8-10(13)12(15-2)16-3/h4-7,10,12-13H,8H2,1-3H3. The van der Waals surface area contributed by atoms with E-state index in [9.17, 15) is 5.11 Å². The number of ether oxygens (including phenoxy) is 3. The first-order chi connectivity index (χ1) is 7.72. The fourth-order valence-corrected chi connectivity index (χ4v) is 1.60. The number of hydrogen-bond donors (Lipinski definition) is 1. The van der Waals surface area contributed by atoms with Crippen molar-refractivity contribution >= 4 is 0 Å². The van der Waals surface area contributed by atoms with Gasteiger partial charge in [0.15, 0.2) is 6.29 Å². The van der Waals surface area contributed by atoms with E-state index in [2.05, 4.69) is 0 Å². The molecule has 90 valence electrons. The highest BCUT2D eigenvalue weighted by Gasteiger charge is 2.19. The van der Waals surface area contributed by atoms with Gasteiger partial charge in [-0.1, -0.05) is 18.2 Å². The van der Waals surface area contributed by atoms with Crippen molar-refractivity contribution in [1.82, 2.24) is 0 Å². The number of methoxy groups -OCH3 is 3. The Morgan fingerprint density at radius 3 is 2.31 bits per heavy atom. The highest BCUT2D eigenvalue weighted by Crippen LogP contribution is 2.20. The summed E-state index contributed by atoms with van der Waals surface area (Å²) in [4.78, 5) is 0. The lowest BCUT2D eigenvalue weighted by atomic mass is 10.1. The lowest BCUT2D eigenvalue weighted by Crippen LogP contribution is -2.31. The van der Waals surface area contributed by atoms with Gasteiger partial charge in [0, 0.05) is 20.6 Å². The summed E-state index contributed by atoms with van der Waals surface area (Å²) < 4.78 is 15.2. The third-order valence-electron chi connectivity index (χ3n) is 2.40. The van der Waals surface area contributed by atoms with Crippen molar-refractivity contribution in [3.05, 3.63) is 29.8 Å². The molecular formula is C12H18O4. The number of aliphatic hydroxyl groups is 1. The van der Waals surface area contributed by atoms with Gasteiger partial charge in [-0.25, -0.2) is 0 Å². The minimum atomic E-state index is -0.716. The molecule has 0 aliphatic heterocycles. The summed E-state index contributed by atoms with van der Waals surface area (Å²) in [6, 6.07) is 7.55. The minimum absolute atomic E-state index is 0.427. The van der Waals surface area contributed by atoms with Crippen molar-refractivity contribution in [2.24, 2.45) is 0 Å². The topological polar surface area (TPSA) is 47.9 Å². The SMILES string of the molecule is COc1ccccc1CC(O)C(OC)OC. The average Bonchev–Trinajstić information content (AvgIpc) is 2.31. The summed E-state index contributed by atoms with van der Waals surface area (Å²) in [7, 11) is 4.61. The molecule has 1 aromatic rings. The van der Waals surface area contributed by atoms with Gasteiger partial charge in [-0.3, -0.25) is 0 Å².